The van der Waals surface area contributed by atoms with Crippen molar-refractivity contribution in [2.75, 3.05) is 13.1 Å². The van der Waals surface area contributed by atoms with Gasteiger partial charge in [-0.3, -0.25) is 0 Å². The molecule has 1 heterocycles. The van der Waals surface area contributed by atoms with Crippen LogP contribution in [0.15, 0.2) is 0 Å². The molecule has 0 unspecified atom stereocenters. The number of rotatable bonds is 0. The molecule has 10 heavy (non-hydrogen) atoms. The lowest BCUT2D eigenvalue weighted by Gasteiger charge is -2.18. The van der Waals surface area contributed by atoms with Crippen molar-refractivity contribution in [3.05, 3.63) is 0 Å². The Hall–Kier alpha value is -0.0400. The van der Waals surface area contributed by atoms with Crippen molar-refractivity contribution >= 4 is 0 Å². The molecule has 1 spiro atoms. The molecule has 0 atom stereocenters. The molecule has 1 nitrogen and oxygen atoms in total. The molecule has 2 fully saturated rings. The zero-order chi connectivity index (χ0) is 6.86. The van der Waals surface area contributed by atoms with Gasteiger partial charge in [0.15, 0.2) is 0 Å². The molecule has 0 aromatic carbocycles. The molecule has 0 radical (unpaired) electrons. The Morgan fingerprint density at radius 3 is 1.90 bits per heavy atom. The van der Waals surface area contributed by atoms with Gasteiger partial charge in [0, 0.05) is 0 Å². The third kappa shape index (κ3) is 1.34. The van der Waals surface area contributed by atoms with Crippen LogP contribution in [-0.4, -0.2) is 13.1 Å². The van der Waals surface area contributed by atoms with E-state index < -0.39 is 0 Å². The summed E-state index contributed by atoms with van der Waals surface area (Å²) in [6, 6.07) is 0. The summed E-state index contributed by atoms with van der Waals surface area (Å²) in [5.74, 6) is 0. The van der Waals surface area contributed by atoms with Crippen molar-refractivity contribution in [3.8, 4) is 0 Å². The van der Waals surface area contributed by atoms with Crippen molar-refractivity contribution in [1.29, 1.82) is 0 Å². The fourth-order valence-corrected chi connectivity index (χ4v) is 2.10. The highest BCUT2D eigenvalue weighted by molar-refractivity contribution is 4.93. The molecular formula is C9H17N. The van der Waals surface area contributed by atoms with Crippen LogP contribution in [0.4, 0.5) is 0 Å². The predicted molar refractivity (Wildman–Crippen MR) is 43.0 cm³/mol. The molecular weight excluding hydrogens is 122 g/mol. The van der Waals surface area contributed by atoms with Gasteiger partial charge >= 0.3 is 0 Å². The molecule has 2 aliphatic rings. The first kappa shape index (κ1) is 6.66. The smallest absolute Gasteiger partial charge is 0.00487 e. The zero-order valence-electron chi connectivity index (χ0n) is 6.66. The summed E-state index contributed by atoms with van der Waals surface area (Å²) in [7, 11) is 0. The number of hydrogen-bond donors (Lipinski definition) is 1. The Morgan fingerprint density at radius 1 is 0.800 bits per heavy atom. The standard InChI is InChI=1S/C9H17N/c1-3-9(5-6-9)4-2-8-10-7-1/h10H,1-8H2. The predicted octanol–water partition coefficient (Wildman–Crippen LogP) is 1.93. The van der Waals surface area contributed by atoms with E-state index in [0.29, 0.717) is 0 Å². The topological polar surface area (TPSA) is 12.0 Å². The molecule has 2 rings (SSSR count). The van der Waals surface area contributed by atoms with Gasteiger partial charge in [-0.05, 0) is 57.0 Å². The first-order chi connectivity index (χ1) is 4.91. The van der Waals surface area contributed by atoms with E-state index in [1.165, 1.54) is 51.6 Å². The maximum Gasteiger partial charge on any atom is -0.00487 e. The third-order valence-corrected chi connectivity index (χ3v) is 3.08. The molecule has 1 N–H and O–H groups in total. The van der Waals surface area contributed by atoms with Crippen molar-refractivity contribution < 1.29 is 0 Å². The molecule has 1 saturated heterocycles. The normalized spacial score (nSPS) is 31.2. The van der Waals surface area contributed by atoms with Crippen LogP contribution in [-0.2, 0) is 0 Å². The average molecular weight is 139 g/mol. The summed E-state index contributed by atoms with van der Waals surface area (Å²) in [4.78, 5) is 0. The van der Waals surface area contributed by atoms with Gasteiger partial charge in [0.25, 0.3) is 0 Å². The van der Waals surface area contributed by atoms with Gasteiger partial charge in [0.2, 0.25) is 0 Å². The summed E-state index contributed by atoms with van der Waals surface area (Å²) in [6.45, 7) is 2.53. The summed E-state index contributed by atoms with van der Waals surface area (Å²) in [5.41, 5.74) is 0.863. The largest absolute Gasteiger partial charge is 0.317 e. The summed E-state index contributed by atoms with van der Waals surface area (Å²) in [5, 5.41) is 3.45. The lowest BCUT2D eigenvalue weighted by atomic mass is 9.93. The second-order valence-corrected chi connectivity index (χ2v) is 3.96. The molecule has 0 aromatic rings. The molecule has 0 amide bonds. The molecule has 0 aromatic heterocycles. The Morgan fingerprint density at radius 2 is 1.40 bits per heavy atom. The molecule has 1 heteroatoms. The Balaban J connectivity index is 1.84. The first-order valence-corrected chi connectivity index (χ1v) is 4.62. The highest BCUT2D eigenvalue weighted by Crippen LogP contribution is 2.53. The van der Waals surface area contributed by atoms with Crippen LogP contribution in [0.5, 0.6) is 0 Å². The van der Waals surface area contributed by atoms with Crippen LogP contribution >= 0.6 is 0 Å². The maximum atomic E-state index is 3.45. The van der Waals surface area contributed by atoms with E-state index in [4.69, 9.17) is 0 Å². The SMILES string of the molecule is C1CNCCCC2(C1)CC2. The van der Waals surface area contributed by atoms with Crippen molar-refractivity contribution in [2.45, 2.75) is 38.5 Å². The first-order valence-electron chi connectivity index (χ1n) is 4.62. The van der Waals surface area contributed by atoms with E-state index >= 15 is 0 Å². The van der Waals surface area contributed by atoms with Gasteiger partial charge in [-0.25, -0.2) is 0 Å². The Kier molecular flexibility index (Phi) is 1.69. The minimum atomic E-state index is 0.863. The van der Waals surface area contributed by atoms with Crippen molar-refractivity contribution in [3.63, 3.8) is 0 Å². The highest BCUT2D eigenvalue weighted by atomic mass is 14.8. The minimum absolute atomic E-state index is 0.863. The molecule has 1 saturated carbocycles. The van der Waals surface area contributed by atoms with Gasteiger partial charge in [-0.1, -0.05) is 0 Å². The van der Waals surface area contributed by atoms with Gasteiger partial charge in [-0.15, -0.1) is 0 Å². The monoisotopic (exact) mass is 139 g/mol. The van der Waals surface area contributed by atoms with E-state index in [1.54, 1.807) is 0 Å². The van der Waals surface area contributed by atoms with Gasteiger partial charge in [0.1, 0.15) is 0 Å². The number of nitrogens with one attached hydrogen (secondary N) is 1. The number of hydrogen-bond acceptors (Lipinski definition) is 1. The fourth-order valence-electron chi connectivity index (χ4n) is 2.10. The molecule has 0 bridgehead atoms. The molecule has 58 valence electrons. The van der Waals surface area contributed by atoms with E-state index in [0.717, 1.165) is 5.41 Å². The van der Waals surface area contributed by atoms with Crippen LogP contribution in [0.3, 0.4) is 0 Å². The fraction of sp³-hybridized carbons (Fsp3) is 1.00. The Bertz CT molecular complexity index is 106. The van der Waals surface area contributed by atoms with Crippen molar-refractivity contribution in [1.82, 2.24) is 5.32 Å². The quantitative estimate of drug-likeness (QED) is 0.540. The summed E-state index contributed by atoms with van der Waals surface area (Å²) in [6.07, 6.45) is 8.90. The van der Waals surface area contributed by atoms with Crippen molar-refractivity contribution in [2.24, 2.45) is 5.41 Å². The average Bonchev–Trinajstić information content (AvgIpc) is 2.61. The lowest BCUT2D eigenvalue weighted by molar-refractivity contribution is 0.367. The zero-order valence-corrected chi connectivity index (χ0v) is 6.66. The van der Waals surface area contributed by atoms with Gasteiger partial charge in [-0.2, -0.15) is 0 Å². The minimum Gasteiger partial charge on any atom is -0.317 e. The van der Waals surface area contributed by atoms with Crippen LogP contribution in [0, 0.1) is 5.41 Å². The van der Waals surface area contributed by atoms with Crippen LogP contribution in [0.25, 0.3) is 0 Å². The van der Waals surface area contributed by atoms with E-state index in [9.17, 15) is 0 Å². The van der Waals surface area contributed by atoms with E-state index in [2.05, 4.69) is 5.32 Å². The maximum absolute atomic E-state index is 3.45. The summed E-state index contributed by atoms with van der Waals surface area (Å²) < 4.78 is 0. The second kappa shape index (κ2) is 2.54. The summed E-state index contributed by atoms with van der Waals surface area (Å²) >= 11 is 0. The highest BCUT2D eigenvalue weighted by Gasteiger charge is 2.41. The van der Waals surface area contributed by atoms with E-state index in [-0.39, 0.29) is 0 Å². The Labute approximate surface area is 63.2 Å². The van der Waals surface area contributed by atoms with E-state index in [1.807, 2.05) is 0 Å². The van der Waals surface area contributed by atoms with Crippen LogP contribution in [0.2, 0.25) is 0 Å². The van der Waals surface area contributed by atoms with Gasteiger partial charge < -0.3 is 5.32 Å². The molecule has 1 aliphatic heterocycles. The van der Waals surface area contributed by atoms with Crippen LogP contribution in [0.1, 0.15) is 38.5 Å². The lowest BCUT2D eigenvalue weighted by Crippen LogP contribution is -2.21. The third-order valence-electron chi connectivity index (χ3n) is 3.08. The molecule has 1 aliphatic carbocycles. The second-order valence-electron chi connectivity index (χ2n) is 3.96. The van der Waals surface area contributed by atoms with Crippen LogP contribution < -0.4 is 5.32 Å². The van der Waals surface area contributed by atoms with Gasteiger partial charge in [0.05, 0.1) is 0 Å².